The van der Waals surface area contributed by atoms with E-state index in [4.69, 9.17) is 34.6 Å². The minimum atomic E-state index is -0.561. The van der Waals surface area contributed by atoms with E-state index in [1.807, 2.05) is 69.3 Å². The van der Waals surface area contributed by atoms with Gasteiger partial charge in [0.2, 0.25) is 11.8 Å². The van der Waals surface area contributed by atoms with Crippen LogP contribution in [0.5, 0.6) is 5.88 Å². The van der Waals surface area contributed by atoms with Crippen LogP contribution in [-0.2, 0) is 51.7 Å². The molecule has 12 rings (SSSR count). The predicted molar refractivity (Wildman–Crippen MR) is 317 cm³/mol. The maximum absolute atomic E-state index is 13.5. The van der Waals surface area contributed by atoms with Crippen LogP contribution in [-0.4, -0.2) is 48.7 Å². The van der Waals surface area contributed by atoms with Crippen molar-refractivity contribution < 1.29 is 28.1 Å². The number of aromatic nitrogens is 6. The first-order chi connectivity index (χ1) is 39.8. The lowest BCUT2D eigenvalue weighted by atomic mass is 9.71. The third-order valence-electron chi connectivity index (χ3n) is 15.3. The maximum Gasteiger partial charge on any atom is 0.408 e. The molecule has 6 heterocycles. The van der Waals surface area contributed by atoms with E-state index in [9.17, 15) is 9.18 Å². The Morgan fingerprint density at radius 2 is 1.05 bits per heavy atom. The molecule has 1 amide bonds. The molecule has 0 bridgehead atoms. The Morgan fingerprint density at radius 3 is 1.51 bits per heavy atom. The highest BCUT2D eigenvalue weighted by Crippen LogP contribution is 2.44. The van der Waals surface area contributed by atoms with E-state index in [0.717, 1.165) is 121 Å². The summed E-state index contributed by atoms with van der Waals surface area (Å²) < 4.78 is 36.3. The Morgan fingerprint density at radius 1 is 0.561 bits per heavy atom. The number of nitrogens with two attached hydrogens (primary N) is 1. The van der Waals surface area contributed by atoms with Gasteiger partial charge in [-0.1, -0.05) is 109 Å². The number of halogens is 1. The quantitative estimate of drug-likeness (QED) is 0.0880. The molecule has 10 aromatic rings. The van der Waals surface area contributed by atoms with Gasteiger partial charge < -0.3 is 30.0 Å². The summed E-state index contributed by atoms with van der Waals surface area (Å²) >= 11 is 0. The number of ether oxygens (including phenoxy) is 4. The molecule has 2 saturated carbocycles. The molecule has 2 aliphatic carbocycles. The third-order valence-corrected chi connectivity index (χ3v) is 15.3. The second-order valence-electron chi connectivity index (χ2n) is 22.1. The van der Waals surface area contributed by atoms with E-state index in [-0.39, 0.29) is 18.8 Å². The number of nitrogens with zero attached hydrogens (tertiary/aromatic N) is 6. The lowest BCUT2D eigenvalue weighted by molar-refractivity contribution is 0.0377. The molecule has 2 aliphatic rings. The first-order valence-electron chi connectivity index (χ1n) is 27.8. The van der Waals surface area contributed by atoms with Crippen molar-refractivity contribution in [3.8, 4) is 50.6 Å². The van der Waals surface area contributed by atoms with Gasteiger partial charge in [-0.3, -0.25) is 9.97 Å². The SMILES string of the molecule is CC(C)(C)OC(=O)NC1(c2ccc(-c3nc4ccnc(COCc5ccnc(F)c5)c4cc3-c3ccccc3)cc2)CCC1.COc1cc(COCc2nccc3nc(-c4ccc(C5(N)CCC5)cc4)c(-c4ccccc4)cc23)ccn1. The number of fused-ring (bicyclic) bond motifs is 2. The Bertz CT molecular complexity index is 3850. The molecule has 14 heteroatoms. The molecular formula is C68H65FN8O5. The minimum absolute atomic E-state index is 0.181. The summed E-state index contributed by atoms with van der Waals surface area (Å²) in [6.45, 7) is 6.89. The van der Waals surface area contributed by atoms with Crippen LogP contribution in [0.4, 0.5) is 9.18 Å². The number of rotatable bonds is 16. The molecule has 0 radical (unpaired) electrons. The monoisotopic (exact) mass is 1090 g/mol. The van der Waals surface area contributed by atoms with Gasteiger partial charge in [-0.2, -0.15) is 4.39 Å². The van der Waals surface area contributed by atoms with E-state index in [2.05, 4.69) is 122 Å². The van der Waals surface area contributed by atoms with Crippen LogP contribution in [0.1, 0.15) is 92.9 Å². The van der Waals surface area contributed by atoms with Gasteiger partial charge in [-0.25, -0.2) is 24.7 Å². The van der Waals surface area contributed by atoms with Crippen molar-refractivity contribution in [2.75, 3.05) is 7.11 Å². The Labute approximate surface area is 477 Å². The molecule has 0 unspecified atom stereocenters. The zero-order valence-corrected chi connectivity index (χ0v) is 46.6. The number of hydrogen-bond donors (Lipinski definition) is 2. The summed E-state index contributed by atoms with van der Waals surface area (Å²) in [5.41, 5.74) is 20.6. The lowest BCUT2D eigenvalue weighted by Gasteiger charge is -2.43. The first-order valence-corrected chi connectivity index (χ1v) is 27.8. The van der Waals surface area contributed by atoms with Gasteiger partial charge in [-0.05, 0) is 135 Å². The number of methoxy groups -OCH3 is 1. The van der Waals surface area contributed by atoms with Gasteiger partial charge in [0.05, 0.1) is 72.9 Å². The van der Waals surface area contributed by atoms with Crippen LogP contribution in [0, 0.1) is 5.95 Å². The average molecular weight is 1090 g/mol. The standard InChI is InChI=1S/C36H35FN4O3.C32H30N4O2/c1-35(2,3)44-34(42)41-36(16-7-17-36)27-12-10-26(11-13-27)33-28(25-8-5-4-6-9-25)21-29-30(40-33)15-19-38-31(29)23-43-22-24-14-18-39-32(37)20-24;1-37-30-18-22(12-16-35-30)20-38-21-29-27-19-26(23-6-3-2-4-7-23)31(36-28(27)13-17-34-29)24-8-10-25(11-9-24)32(33)14-5-15-32/h4-6,8-15,18-21H,7,16-17,22-23H2,1-3H3,(H,41,42);2-4,6-13,16-19H,5,14-15,20-21,33H2,1H3. The fourth-order valence-corrected chi connectivity index (χ4v) is 10.6. The molecule has 3 N–H and O–H groups in total. The van der Waals surface area contributed by atoms with Gasteiger partial charge in [0.25, 0.3) is 0 Å². The second kappa shape index (κ2) is 24.1. The second-order valence-corrected chi connectivity index (χ2v) is 22.1. The van der Waals surface area contributed by atoms with Crippen LogP contribution in [0.15, 0.2) is 183 Å². The topological polar surface area (TPSA) is 169 Å². The summed E-state index contributed by atoms with van der Waals surface area (Å²) in [4.78, 5) is 39.9. The molecule has 2 fully saturated rings. The van der Waals surface area contributed by atoms with Crippen LogP contribution in [0.25, 0.3) is 66.6 Å². The number of carbonyl (C=O) groups is 1. The Kier molecular flexibility index (Phi) is 16.2. The molecule has 414 valence electrons. The summed E-state index contributed by atoms with van der Waals surface area (Å²) in [6.07, 6.45) is 12.3. The van der Waals surface area contributed by atoms with Crippen molar-refractivity contribution in [2.45, 2.75) is 102 Å². The van der Waals surface area contributed by atoms with Crippen molar-refractivity contribution in [3.63, 3.8) is 0 Å². The lowest BCUT2D eigenvalue weighted by Crippen LogP contribution is -2.52. The summed E-state index contributed by atoms with van der Waals surface area (Å²) in [5, 5.41) is 5.01. The average Bonchev–Trinajstić information content (AvgIpc) is 3.65. The highest BCUT2D eigenvalue weighted by molar-refractivity contribution is 5.94. The highest BCUT2D eigenvalue weighted by Gasteiger charge is 2.41. The molecule has 82 heavy (non-hydrogen) atoms. The number of carbonyl (C=O) groups excluding carboxylic acids is 1. The number of nitrogens with one attached hydrogen (secondary N) is 1. The van der Waals surface area contributed by atoms with E-state index < -0.39 is 23.2 Å². The van der Waals surface area contributed by atoms with Crippen LogP contribution in [0.2, 0.25) is 0 Å². The van der Waals surface area contributed by atoms with Crippen molar-refractivity contribution >= 4 is 27.9 Å². The van der Waals surface area contributed by atoms with Crippen LogP contribution >= 0.6 is 0 Å². The summed E-state index contributed by atoms with van der Waals surface area (Å²) in [6, 6.07) is 52.5. The normalized spacial score (nSPS) is 14.2. The number of hydrogen-bond acceptors (Lipinski definition) is 12. The molecule has 0 aliphatic heterocycles. The van der Waals surface area contributed by atoms with Crippen molar-refractivity contribution in [3.05, 3.63) is 222 Å². The number of pyridine rings is 6. The van der Waals surface area contributed by atoms with Crippen molar-refractivity contribution in [2.24, 2.45) is 5.73 Å². The number of amides is 1. The molecule has 0 saturated heterocycles. The number of benzene rings is 4. The maximum atomic E-state index is 13.5. The molecular weight excluding hydrogens is 1030 g/mol. The van der Waals surface area contributed by atoms with Gasteiger partial charge in [0, 0.05) is 69.4 Å². The molecule has 4 aromatic carbocycles. The highest BCUT2D eigenvalue weighted by atomic mass is 19.1. The van der Waals surface area contributed by atoms with Gasteiger partial charge in [0.15, 0.2) is 0 Å². The molecule has 0 atom stereocenters. The Hall–Kier alpha value is -8.82. The zero-order valence-electron chi connectivity index (χ0n) is 46.6. The van der Waals surface area contributed by atoms with Gasteiger partial charge in [0.1, 0.15) is 5.60 Å². The van der Waals surface area contributed by atoms with Crippen LogP contribution in [0.3, 0.4) is 0 Å². The fourth-order valence-electron chi connectivity index (χ4n) is 10.6. The molecule has 6 aromatic heterocycles. The molecule has 13 nitrogen and oxygen atoms in total. The minimum Gasteiger partial charge on any atom is -0.481 e. The number of alkyl carbamates (subject to hydrolysis) is 1. The first kappa shape index (κ1) is 55.1. The largest absolute Gasteiger partial charge is 0.481 e. The smallest absolute Gasteiger partial charge is 0.408 e. The van der Waals surface area contributed by atoms with Gasteiger partial charge >= 0.3 is 6.09 Å². The van der Waals surface area contributed by atoms with Gasteiger partial charge in [-0.15, -0.1) is 0 Å². The third kappa shape index (κ3) is 12.5. The van der Waals surface area contributed by atoms with Crippen molar-refractivity contribution in [1.82, 2.24) is 35.2 Å². The van der Waals surface area contributed by atoms with E-state index >= 15 is 0 Å². The summed E-state index contributed by atoms with van der Waals surface area (Å²) in [5.74, 6) is 0.0368. The van der Waals surface area contributed by atoms with E-state index in [1.165, 1.54) is 24.2 Å². The zero-order chi connectivity index (χ0) is 56.7. The molecule has 0 spiro atoms. The fraction of sp³-hybridized carbons (Fsp3) is 0.250. The van der Waals surface area contributed by atoms with Crippen molar-refractivity contribution in [1.29, 1.82) is 0 Å². The predicted octanol–water partition coefficient (Wildman–Crippen LogP) is 14.5. The summed E-state index contributed by atoms with van der Waals surface area (Å²) in [7, 11) is 1.61. The van der Waals surface area contributed by atoms with E-state index in [0.29, 0.717) is 24.7 Å². The Balaban J connectivity index is 0.000000174. The van der Waals surface area contributed by atoms with E-state index in [1.54, 1.807) is 31.8 Å². The van der Waals surface area contributed by atoms with Crippen LogP contribution < -0.4 is 15.8 Å².